The number of ether oxygens (including phenoxy) is 8. The van der Waals surface area contributed by atoms with Crippen LogP contribution in [-0.2, 0) is 42.9 Å². The first-order chi connectivity index (χ1) is 33.0. The van der Waals surface area contributed by atoms with E-state index in [1.165, 1.54) is 25.0 Å². The zero-order valence-electron chi connectivity index (χ0n) is 39.4. The highest BCUT2D eigenvalue weighted by molar-refractivity contribution is 9.09. The van der Waals surface area contributed by atoms with E-state index >= 15 is 0 Å². The number of esters is 4. The number of phenols is 1. The van der Waals surface area contributed by atoms with Crippen molar-refractivity contribution in [1.29, 1.82) is 0 Å². The lowest BCUT2D eigenvalue weighted by Crippen LogP contribution is -2.09. The van der Waals surface area contributed by atoms with E-state index in [-0.39, 0.29) is 55.5 Å². The Bertz CT molecular complexity index is 1910. The van der Waals surface area contributed by atoms with Crippen LogP contribution in [0.2, 0.25) is 0 Å². The molecule has 1 N–H and O–H groups in total. The lowest BCUT2D eigenvalue weighted by Gasteiger charge is -2.06. The van der Waals surface area contributed by atoms with E-state index < -0.39 is 0 Å². The summed E-state index contributed by atoms with van der Waals surface area (Å²) >= 11 is 3.12. The quantitative estimate of drug-likeness (QED) is 0.0257. The molecular weight excluding hydrogens is 944 g/mol. The molecule has 1 fully saturated rings. The third kappa shape index (κ3) is 31.4. The molecular formula is C52H65BrO15. The minimum absolute atomic E-state index is 0.135. The lowest BCUT2D eigenvalue weighted by molar-refractivity contribution is -0.144. The molecule has 1 heterocycles. The Balaban J connectivity index is 0.000000500. The van der Waals surface area contributed by atoms with Crippen molar-refractivity contribution in [3.05, 3.63) is 119 Å². The summed E-state index contributed by atoms with van der Waals surface area (Å²) in [6, 6.07) is 28.0. The number of hydrogen-bond donors (Lipinski definition) is 1. The van der Waals surface area contributed by atoms with Crippen LogP contribution < -0.4 is 14.2 Å². The highest BCUT2D eigenvalue weighted by atomic mass is 79.9. The van der Waals surface area contributed by atoms with Crippen molar-refractivity contribution in [2.45, 2.75) is 66.2 Å². The molecule has 16 heteroatoms. The van der Waals surface area contributed by atoms with Gasteiger partial charge in [0.05, 0.1) is 71.9 Å². The minimum atomic E-state index is -0.271. The number of benzene rings is 4. The van der Waals surface area contributed by atoms with E-state index in [9.17, 15) is 28.8 Å². The third-order valence-corrected chi connectivity index (χ3v) is 8.74. The fourth-order valence-corrected chi connectivity index (χ4v) is 5.34. The van der Waals surface area contributed by atoms with E-state index in [0.29, 0.717) is 79.8 Å². The number of aromatic hydroxyl groups is 1. The van der Waals surface area contributed by atoms with Gasteiger partial charge >= 0.3 is 23.9 Å². The average Bonchev–Trinajstić information content (AvgIpc) is 3.94. The van der Waals surface area contributed by atoms with Gasteiger partial charge in [-0.05, 0) is 124 Å². The number of alkyl halides is 1. The van der Waals surface area contributed by atoms with Gasteiger partial charge in [0.25, 0.3) is 0 Å². The summed E-state index contributed by atoms with van der Waals surface area (Å²) in [4.78, 5) is 64.4. The van der Waals surface area contributed by atoms with Gasteiger partial charge in [-0.25, -0.2) is 0 Å². The van der Waals surface area contributed by atoms with Crippen LogP contribution in [0.5, 0.6) is 23.0 Å². The third-order valence-electron chi connectivity index (χ3n) is 8.35. The summed E-state index contributed by atoms with van der Waals surface area (Å²) in [6.45, 7) is 11.6. The normalized spacial score (nSPS) is 10.9. The summed E-state index contributed by atoms with van der Waals surface area (Å²) in [6.07, 6.45) is 9.22. The molecule has 1 aliphatic rings. The molecule has 68 heavy (non-hydrogen) atoms. The van der Waals surface area contributed by atoms with Gasteiger partial charge in [0.2, 0.25) is 0 Å². The summed E-state index contributed by atoms with van der Waals surface area (Å²) in [5.41, 5.74) is 3.23. The van der Waals surface area contributed by atoms with Crippen LogP contribution in [0.25, 0.3) is 12.2 Å². The summed E-state index contributed by atoms with van der Waals surface area (Å²) in [5.74, 6) is 1.31. The molecule has 0 saturated carbocycles. The number of rotatable bonds is 22. The zero-order chi connectivity index (χ0) is 50.0. The van der Waals surface area contributed by atoms with E-state index in [0.717, 1.165) is 36.9 Å². The van der Waals surface area contributed by atoms with Gasteiger partial charge in [-0.3, -0.25) is 28.8 Å². The molecule has 1 saturated heterocycles. The lowest BCUT2D eigenvalue weighted by atomic mass is 10.1. The van der Waals surface area contributed by atoms with Crippen LogP contribution >= 0.6 is 15.9 Å². The van der Waals surface area contributed by atoms with Crippen LogP contribution in [0, 0.1) is 0 Å². The van der Waals surface area contributed by atoms with Crippen LogP contribution in [-0.4, -0.2) is 106 Å². The highest BCUT2D eigenvalue weighted by Crippen LogP contribution is 2.18. The van der Waals surface area contributed by atoms with Crippen molar-refractivity contribution in [3.8, 4) is 23.0 Å². The fraction of sp³-hybridized carbons (Fsp3) is 0.385. The first-order valence-corrected chi connectivity index (χ1v) is 23.4. The molecule has 0 amide bonds. The van der Waals surface area contributed by atoms with Crippen LogP contribution in [0.3, 0.4) is 0 Å². The molecule has 1 aliphatic heterocycles. The van der Waals surface area contributed by atoms with Gasteiger partial charge in [0.15, 0.2) is 0 Å². The molecule has 0 bridgehead atoms. The number of halogens is 1. The molecule has 0 radical (unpaired) electrons. The number of phenolic OH excluding ortho intramolecular Hbond substituents is 1. The largest absolute Gasteiger partial charge is 0.508 e. The number of carbonyl (C=O) groups is 6. The minimum Gasteiger partial charge on any atom is -0.508 e. The van der Waals surface area contributed by atoms with E-state index in [2.05, 4.69) is 20.7 Å². The second-order valence-electron chi connectivity index (χ2n) is 13.6. The van der Waals surface area contributed by atoms with Gasteiger partial charge in [0, 0.05) is 29.7 Å². The second kappa shape index (κ2) is 39.6. The van der Waals surface area contributed by atoms with Crippen molar-refractivity contribution >= 4 is 64.5 Å². The molecule has 0 aliphatic carbocycles. The average molecular weight is 1010 g/mol. The number of hydrogen-bond acceptors (Lipinski definition) is 15. The topological polar surface area (TPSA) is 196 Å². The van der Waals surface area contributed by atoms with E-state index in [1.54, 1.807) is 64.1 Å². The molecule has 370 valence electrons. The molecule has 4 aromatic rings. The van der Waals surface area contributed by atoms with Crippen molar-refractivity contribution in [2.75, 3.05) is 64.8 Å². The van der Waals surface area contributed by atoms with Crippen LogP contribution in [0.4, 0.5) is 0 Å². The molecule has 0 spiro atoms. The monoisotopic (exact) mass is 1010 g/mol. The van der Waals surface area contributed by atoms with Gasteiger partial charge in [-0.1, -0.05) is 52.3 Å². The van der Waals surface area contributed by atoms with Crippen LogP contribution in [0.1, 0.15) is 98.1 Å². The first kappa shape index (κ1) is 59.5. The Kier molecular flexibility index (Phi) is 34.7. The van der Waals surface area contributed by atoms with Crippen molar-refractivity contribution in [2.24, 2.45) is 0 Å². The van der Waals surface area contributed by atoms with Crippen molar-refractivity contribution in [3.63, 3.8) is 0 Å². The Morgan fingerprint density at radius 2 is 0.779 bits per heavy atom. The van der Waals surface area contributed by atoms with E-state index in [4.69, 9.17) is 38.3 Å². The molecule has 5 rings (SSSR count). The van der Waals surface area contributed by atoms with Gasteiger partial charge in [0.1, 0.15) is 35.6 Å². The van der Waals surface area contributed by atoms with Gasteiger partial charge < -0.3 is 43.0 Å². The Morgan fingerprint density at radius 3 is 1.04 bits per heavy atom. The maximum Gasteiger partial charge on any atom is 0.309 e. The van der Waals surface area contributed by atoms with Crippen molar-refractivity contribution in [1.82, 2.24) is 0 Å². The predicted octanol–water partition coefficient (Wildman–Crippen LogP) is 9.69. The first-order valence-electron chi connectivity index (χ1n) is 22.3. The predicted molar refractivity (Wildman–Crippen MR) is 262 cm³/mol. The number of aldehydes is 2. The smallest absolute Gasteiger partial charge is 0.309 e. The Morgan fingerprint density at radius 1 is 0.485 bits per heavy atom. The Hall–Kier alpha value is -6.52. The number of carbonyl (C=O) groups excluding carboxylic acids is 6. The molecule has 0 aromatic heterocycles. The maximum atomic E-state index is 11.3. The summed E-state index contributed by atoms with van der Waals surface area (Å²) in [5, 5.41) is 9.42. The van der Waals surface area contributed by atoms with Crippen LogP contribution in [0.15, 0.2) is 97.1 Å². The highest BCUT2D eigenvalue weighted by Gasteiger charge is 2.05. The summed E-state index contributed by atoms with van der Waals surface area (Å²) < 4.78 is 40.4. The fourth-order valence-electron chi connectivity index (χ4n) is 5.02. The second-order valence-corrected chi connectivity index (χ2v) is 14.4. The molecule has 0 unspecified atom stereocenters. The Labute approximate surface area is 408 Å². The maximum absolute atomic E-state index is 11.3. The van der Waals surface area contributed by atoms with Gasteiger partial charge in [-0.15, -0.1) is 0 Å². The molecule has 15 nitrogen and oxygen atoms in total. The van der Waals surface area contributed by atoms with Crippen molar-refractivity contribution < 1.29 is 71.8 Å². The zero-order valence-corrected chi connectivity index (χ0v) is 41.0. The standard InChI is InChI=1S/C24H28O6.C12H14O4.C7H6O2.C5H9BrO2.C4H8O/c1-3-27-23(25)15-17-29-21-11-7-19(8-12-21)5-6-20-9-13-22(14-10-20)30-18-16-24(26)28-4-2;1-2-15-12(14)7-8-16-11-5-3-10(9-13)4-6-11;8-5-6-1-3-7(9)4-2-6;1-2-8-5(7)3-4-6;1-2-4-5-3-1/h5-14H,3-4,15-18H2,1-2H3;3-6,9H,2,7-8H2,1H3;1-5,9H;2-4H2,1H3;1-4H2/b6-5+;;;;. The summed E-state index contributed by atoms with van der Waals surface area (Å²) in [7, 11) is 0. The SMILES string of the molecule is C1CCOC1.CCOC(=O)CCBr.CCOC(=O)CCOc1ccc(/C=C/c2ccc(OCCC(=O)OCC)cc2)cc1.CCOC(=O)CCOc1ccc(C=O)cc1.O=Cc1ccc(O)cc1. The van der Waals surface area contributed by atoms with E-state index in [1.807, 2.05) is 60.7 Å². The van der Waals surface area contributed by atoms with Gasteiger partial charge in [-0.2, -0.15) is 0 Å². The molecule has 4 aromatic carbocycles. The molecule has 0 atom stereocenters.